The van der Waals surface area contributed by atoms with Gasteiger partial charge in [0.05, 0.1) is 16.3 Å². The lowest BCUT2D eigenvalue weighted by Crippen LogP contribution is -2.27. The number of hydrogen-bond donors (Lipinski definition) is 2. The van der Waals surface area contributed by atoms with E-state index < -0.39 is 0 Å². The van der Waals surface area contributed by atoms with Crippen molar-refractivity contribution in [3.63, 3.8) is 0 Å². The first-order chi connectivity index (χ1) is 12.1. The quantitative estimate of drug-likeness (QED) is 0.754. The highest BCUT2D eigenvalue weighted by Gasteiger charge is 2.20. The van der Waals surface area contributed by atoms with Crippen molar-refractivity contribution < 1.29 is 4.42 Å². The highest BCUT2D eigenvalue weighted by atomic mass is 35.5. The standard InChI is InChI=1S/C18H19ClN4O2/c1-11-16(20-18(25-11)12-4-2-3-5-14(12)19)10-23-8-6-13-15(7-9-23)21-22-17(13)24/h2-5H,6-10H2,1H3,(H2,21,22,24). The molecule has 25 heavy (non-hydrogen) atoms. The molecule has 1 aliphatic heterocycles. The van der Waals surface area contributed by atoms with Crippen molar-refractivity contribution >= 4 is 11.6 Å². The predicted octanol–water partition coefficient (Wildman–Crippen LogP) is 2.92. The zero-order chi connectivity index (χ0) is 17.4. The summed E-state index contributed by atoms with van der Waals surface area (Å²) in [6.45, 7) is 4.31. The predicted molar refractivity (Wildman–Crippen MR) is 95.8 cm³/mol. The van der Waals surface area contributed by atoms with Gasteiger partial charge in [-0.05, 0) is 25.5 Å². The summed E-state index contributed by atoms with van der Waals surface area (Å²) in [4.78, 5) is 18.7. The normalized spacial score (nSPS) is 15.1. The number of aromatic amines is 2. The minimum atomic E-state index is -0.00419. The lowest BCUT2D eigenvalue weighted by Gasteiger charge is -2.18. The Morgan fingerprint density at radius 3 is 2.88 bits per heavy atom. The molecule has 0 bridgehead atoms. The van der Waals surface area contributed by atoms with Crippen molar-refractivity contribution in [3.05, 3.63) is 62.4 Å². The first-order valence-electron chi connectivity index (χ1n) is 8.34. The van der Waals surface area contributed by atoms with Gasteiger partial charge in [-0.1, -0.05) is 23.7 Å². The molecule has 0 fully saturated rings. The van der Waals surface area contributed by atoms with Gasteiger partial charge in [0, 0.05) is 37.3 Å². The van der Waals surface area contributed by atoms with Gasteiger partial charge < -0.3 is 9.52 Å². The Labute approximate surface area is 149 Å². The van der Waals surface area contributed by atoms with Crippen LogP contribution in [0.3, 0.4) is 0 Å². The zero-order valence-corrected chi connectivity index (χ0v) is 14.7. The van der Waals surface area contributed by atoms with E-state index in [2.05, 4.69) is 20.1 Å². The smallest absolute Gasteiger partial charge is 0.267 e. The molecule has 130 valence electrons. The summed E-state index contributed by atoms with van der Waals surface area (Å²) < 4.78 is 5.84. The van der Waals surface area contributed by atoms with E-state index in [9.17, 15) is 4.79 Å². The molecule has 7 heteroatoms. The minimum Gasteiger partial charge on any atom is -0.441 e. The summed E-state index contributed by atoms with van der Waals surface area (Å²) in [5.41, 5.74) is 3.60. The largest absolute Gasteiger partial charge is 0.441 e. The van der Waals surface area contributed by atoms with E-state index >= 15 is 0 Å². The van der Waals surface area contributed by atoms with Gasteiger partial charge in [0.1, 0.15) is 5.76 Å². The number of hydrogen-bond acceptors (Lipinski definition) is 4. The van der Waals surface area contributed by atoms with E-state index in [4.69, 9.17) is 16.0 Å². The average molecular weight is 359 g/mol. The van der Waals surface area contributed by atoms with Crippen molar-refractivity contribution in [1.82, 2.24) is 20.1 Å². The van der Waals surface area contributed by atoms with Crippen LogP contribution in [0.15, 0.2) is 33.5 Å². The van der Waals surface area contributed by atoms with Crippen LogP contribution in [-0.2, 0) is 19.4 Å². The van der Waals surface area contributed by atoms with Crippen LogP contribution in [0.5, 0.6) is 0 Å². The molecule has 0 amide bonds. The zero-order valence-electron chi connectivity index (χ0n) is 13.9. The van der Waals surface area contributed by atoms with Gasteiger partial charge in [0.2, 0.25) is 5.89 Å². The Kier molecular flexibility index (Phi) is 4.23. The maximum atomic E-state index is 11.8. The monoisotopic (exact) mass is 358 g/mol. The Balaban J connectivity index is 1.52. The maximum absolute atomic E-state index is 11.8. The fourth-order valence-corrected chi connectivity index (χ4v) is 3.46. The van der Waals surface area contributed by atoms with Gasteiger partial charge in [-0.15, -0.1) is 0 Å². The molecule has 0 spiro atoms. The minimum absolute atomic E-state index is 0.00419. The Morgan fingerprint density at radius 1 is 1.24 bits per heavy atom. The second-order valence-corrected chi connectivity index (χ2v) is 6.72. The third kappa shape index (κ3) is 3.15. The number of rotatable bonds is 3. The molecular formula is C18H19ClN4O2. The number of fused-ring (bicyclic) bond motifs is 1. The number of aryl methyl sites for hydroxylation is 1. The summed E-state index contributed by atoms with van der Waals surface area (Å²) in [7, 11) is 0. The number of aromatic nitrogens is 3. The molecule has 0 saturated heterocycles. The SMILES string of the molecule is Cc1oc(-c2ccccc2Cl)nc1CN1CCc2[nH][nH]c(=O)c2CC1. The summed E-state index contributed by atoms with van der Waals surface area (Å²) in [6, 6.07) is 7.54. The van der Waals surface area contributed by atoms with Gasteiger partial charge >= 0.3 is 0 Å². The molecule has 2 aromatic heterocycles. The number of nitrogens with one attached hydrogen (secondary N) is 2. The fraction of sp³-hybridized carbons (Fsp3) is 0.333. The fourth-order valence-electron chi connectivity index (χ4n) is 3.24. The van der Waals surface area contributed by atoms with Crippen LogP contribution in [0.25, 0.3) is 11.5 Å². The number of H-pyrrole nitrogens is 2. The first kappa shape index (κ1) is 16.2. The van der Waals surface area contributed by atoms with E-state index in [-0.39, 0.29) is 5.56 Å². The van der Waals surface area contributed by atoms with Crippen LogP contribution in [0.2, 0.25) is 5.02 Å². The van der Waals surface area contributed by atoms with E-state index in [0.717, 1.165) is 54.2 Å². The average Bonchev–Trinajstić information content (AvgIpc) is 3.06. The van der Waals surface area contributed by atoms with Crippen LogP contribution in [0.4, 0.5) is 0 Å². The molecule has 0 aliphatic carbocycles. The molecule has 0 atom stereocenters. The molecule has 0 saturated carbocycles. The first-order valence-corrected chi connectivity index (χ1v) is 8.71. The molecule has 4 rings (SSSR count). The Morgan fingerprint density at radius 2 is 2.04 bits per heavy atom. The van der Waals surface area contributed by atoms with Crippen molar-refractivity contribution in [2.24, 2.45) is 0 Å². The maximum Gasteiger partial charge on any atom is 0.267 e. The Bertz CT molecular complexity index is 956. The lowest BCUT2D eigenvalue weighted by atomic mass is 10.2. The number of oxazole rings is 1. The molecule has 3 aromatic rings. The van der Waals surface area contributed by atoms with Crippen molar-refractivity contribution in [2.45, 2.75) is 26.3 Å². The molecular weight excluding hydrogens is 340 g/mol. The Hall–Kier alpha value is -2.31. The summed E-state index contributed by atoms with van der Waals surface area (Å²) in [5.74, 6) is 1.35. The highest BCUT2D eigenvalue weighted by Crippen LogP contribution is 2.28. The van der Waals surface area contributed by atoms with Crippen molar-refractivity contribution in [1.29, 1.82) is 0 Å². The van der Waals surface area contributed by atoms with E-state index in [1.807, 2.05) is 31.2 Å². The van der Waals surface area contributed by atoms with Gasteiger partial charge in [0.25, 0.3) is 5.56 Å². The van der Waals surface area contributed by atoms with Crippen LogP contribution < -0.4 is 5.56 Å². The second kappa shape index (κ2) is 6.54. The molecule has 0 radical (unpaired) electrons. The number of halogens is 1. The van der Waals surface area contributed by atoms with Crippen molar-refractivity contribution in [3.8, 4) is 11.5 Å². The van der Waals surface area contributed by atoms with Gasteiger partial charge in [-0.25, -0.2) is 4.98 Å². The van der Waals surface area contributed by atoms with E-state index in [1.165, 1.54) is 0 Å². The van der Waals surface area contributed by atoms with Gasteiger partial charge in [0.15, 0.2) is 0 Å². The van der Waals surface area contributed by atoms with Crippen molar-refractivity contribution in [2.75, 3.05) is 13.1 Å². The van der Waals surface area contributed by atoms with E-state index in [0.29, 0.717) is 17.5 Å². The topological polar surface area (TPSA) is 77.9 Å². The summed E-state index contributed by atoms with van der Waals surface area (Å²) in [6.07, 6.45) is 1.56. The van der Waals surface area contributed by atoms with Crippen LogP contribution >= 0.6 is 11.6 Å². The summed E-state index contributed by atoms with van der Waals surface area (Å²) >= 11 is 6.24. The second-order valence-electron chi connectivity index (χ2n) is 6.31. The number of nitrogens with zero attached hydrogens (tertiary/aromatic N) is 2. The molecule has 2 N–H and O–H groups in total. The molecule has 1 aliphatic rings. The third-order valence-electron chi connectivity index (χ3n) is 4.69. The molecule has 1 aromatic carbocycles. The lowest BCUT2D eigenvalue weighted by molar-refractivity contribution is 0.274. The number of benzene rings is 1. The van der Waals surface area contributed by atoms with Crippen LogP contribution in [0.1, 0.15) is 22.7 Å². The van der Waals surface area contributed by atoms with Gasteiger partial charge in [-0.2, -0.15) is 0 Å². The highest BCUT2D eigenvalue weighted by molar-refractivity contribution is 6.33. The summed E-state index contributed by atoms with van der Waals surface area (Å²) in [5, 5.41) is 6.28. The van der Waals surface area contributed by atoms with Gasteiger partial charge in [-0.3, -0.25) is 14.8 Å². The third-order valence-corrected chi connectivity index (χ3v) is 5.02. The van der Waals surface area contributed by atoms with Crippen LogP contribution in [0, 0.1) is 6.92 Å². The van der Waals surface area contributed by atoms with E-state index in [1.54, 1.807) is 0 Å². The molecule has 3 heterocycles. The molecule has 0 unspecified atom stereocenters. The van der Waals surface area contributed by atoms with Crippen LogP contribution in [-0.4, -0.2) is 33.2 Å². The molecule has 6 nitrogen and oxygen atoms in total.